The maximum atomic E-state index is 12.1. The van der Waals surface area contributed by atoms with E-state index in [1.807, 2.05) is 57.2 Å². The van der Waals surface area contributed by atoms with E-state index in [0.29, 0.717) is 17.1 Å². The van der Waals surface area contributed by atoms with Crippen molar-refractivity contribution in [3.05, 3.63) is 42.5 Å². The Labute approximate surface area is 140 Å². The molecule has 1 amide bonds. The predicted octanol–water partition coefficient (Wildman–Crippen LogP) is 4.50. The van der Waals surface area contributed by atoms with Gasteiger partial charge in [0.25, 0.3) is 0 Å². The average molecular weight is 323 g/mol. The van der Waals surface area contributed by atoms with Crippen LogP contribution in [-0.4, -0.2) is 11.7 Å². The van der Waals surface area contributed by atoms with Gasteiger partial charge in [-0.05, 0) is 73.3 Å². The zero-order valence-corrected chi connectivity index (χ0v) is 14.0. The van der Waals surface area contributed by atoms with Crippen LogP contribution in [0.15, 0.2) is 42.5 Å². The van der Waals surface area contributed by atoms with Gasteiger partial charge in [-0.3, -0.25) is 5.32 Å². The Morgan fingerprint density at radius 3 is 2.33 bits per heavy atom. The fraction of sp³-hybridized carbons (Fsp3) is 0.211. The molecule has 0 bridgehead atoms. The molecule has 3 aromatic carbocycles. The fourth-order valence-electron chi connectivity index (χ4n) is 2.67. The van der Waals surface area contributed by atoms with Gasteiger partial charge in [-0.2, -0.15) is 0 Å². The maximum Gasteiger partial charge on any atom is 0.412 e. The number of carbonyl (C=O) groups is 1. The zero-order valence-electron chi connectivity index (χ0n) is 14.0. The number of anilines is 3. The van der Waals surface area contributed by atoms with Crippen molar-refractivity contribution in [2.45, 2.75) is 26.4 Å². The van der Waals surface area contributed by atoms with Gasteiger partial charge in [-0.1, -0.05) is 6.07 Å². The number of hydrogen-bond donors (Lipinski definition) is 3. The minimum absolute atomic E-state index is 0.512. The third-order valence-electron chi connectivity index (χ3n) is 3.59. The van der Waals surface area contributed by atoms with E-state index in [4.69, 9.17) is 16.2 Å². The van der Waals surface area contributed by atoms with E-state index in [-0.39, 0.29) is 0 Å². The molecule has 0 saturated carbocycles. The van der Waals surface area contributed by atoms with Gasteiger partial charge in [0.05, 0.1) is 5.69 Å². The van der Waals surface area contributed by atoms with E-state index in [1.54, 1.807) is 6.07 Å². The number of fused-ring (bicyclic) bond motifs is 2. The predicted molar refractivity (Wildman–Crippen MR) is 100 cm³/mol. The summed E-state index contributed by atoms with van der Waals surface area (Å²) in [7, 11) is 0. The number of nitrogens with two attached hydrogens (primary N) is 2. The normalized spacial score (nSPS) is 11.6. The third kappa shape index (κ3) is 3.35. The van der Waals surface area contributed by atoms with E-state index in [0.717, 1.165) is 21.5 Å². The van der Waals surface area contributed by atoms with Crippen LogP contribution in [0.2, 0.25) is 0 Å². The Morgan fingerprint density at radius 1 is 0.917 bits per heavy atom. The molecule has 0 aliphatic heterocycles. The molecule has 3 aromatic rings. The minimum atomic E-state index is -0.568. The van der Waals surface area contributed by atoms with Gasteiger partial charge in [0, 0.05) is 16.8 Å². The van der Waals surface area contributed by atoms with E-state index in [1.165, 1.54) is 0 Å². The van der Waals surface area contributed by atoms with E-state index in [2.05, 4.69) is 5.32 Å². The summed E-state index contributed by atoms with van der Waals surface area (Å²) in [4.78, 5) is 12.1. The number of carbonyl (C=O) groups excluding carboxylic acids is 1. The van der Waals surface area contributed by atoms with Crippen LogP contribution >= 0.6 is 0 Å². The molecule has 0 heterocycles. The molecule has 0 unspecified atom stereocenters. The smallest absolute Gasteiger partial charge is 0.412 e. The van der Waals surface area contributed by atoms with Crippen LogP contribution in [0.3, 0.4) is 0 Å². The first-order valence-corrected chi connectivity index (χ1v) is 7.74. The quantitative estimate of drug-likeness (QED) is 0.454. The summed E-state index contributed by atoms with van der Waals surface area (Å²) in [5.41, 5.74) is 13.2. The highest BCUT2D eigenvalue weighted by atomic mass is 16.6. The first kappa shape index (κ1) is 15.9. The SMILES string of the molecule is CC(C)(C)OC(=O)Nc1cc(N)cc2cc3ccc(N)cc3cc12. The average Bonchev–Trinajstić information content (AvgIpc) is 2.43. The Balaban J connectivity index is 2.10. The van der Waals surface area contributed by atoms with Crippen molar-refractivity contribution in [1.82, 2.24) is 0 Å². The summed E-state index contributed by atoms with van der Waals surface area (Å²) in [5, 5.41) is 6.67. The molecule has 5 N–H and O–H groups in total. The van der Waals surface area contributed by atoms with E-state index < -0.39 is 11.7 Å². The van der Waals surface area contributed by atoms with Gasteiger partial charge in [-0.15, -0.1) is 0 Å². The van der Waals surface area contributed by atoms with Gasteiger partial charge in [-0.25, -0.2) is 4.79 Å². The molecule has 0 saturated heterocycles. The van der Waals surface area contributed by atoms with Crippen molar-refractivity contribution in [2.75, 3.05) is 16.8 Å². The zero-order chi connectivity index (χ0) is 17.5. The maximum absolute atomic E-state index is 12.1. The molecule has 0 spiro atoms. The van der Waals surface area contributed by atoms with Crippen LogP contribution < -0.4 is 16.8 Å². The summed E-state index contributed by atoms with van der Waals surface area (Å²) in [5.74, 6) is 0. The summed E-state index contributed by atoms with van der Waals surface area (Å²) < 4.78 is 5.33. The number of rotatable bonds is 1. The molecule has 5 nitrogen and oxygen atoms in total. The van der Waals surface area contributed by atoms with E-state index >= 15 is 0 Å². The van der Waals surface area contributed by atoms with Gasteiger partial charge in [0.2, 0.25) is 0 Å². The van der Waals surface area contributed by atoms with Gasteiger partial charge in [0.15, 0.2) is 0 Å². The number of benzene rings is 3. The van der Waals surface area contributed by atoms with Crippen LogP contribution in [0.1, 0.15) is 20.8 Å². The van der Waals surface area contributed by atoms with Crippen molar-refractivity contribution in [2.24, 2.45) is 0 Å². The second kappa shape index (κ2) is 5.60. The number of nitrogen functional groups attached to an aromatic ring is 2. The Morgan fingerprint density at radius 2 is 1.62 bits per heavy atom. The van der Waals surface area contributed by atoms with Crippen LogP contribution in [0.5, 0.6) is 0 Å². The monoisotopic (exact) mass is 323 g/mol. The molecule has 0 radical (unpaired) electrons. The lowest BCUT2D eigenvalue weighted by Gasteiger charge is -2.20. The van der Waals surface area contributed by atoms with Gasteiger partial charge < -0.3 is 16.2 Å². The van der Waals surface area contributed by atoms with Gasteiger partial charge in [0.1, 0.15) is 5.60 Å². The van der Waals surface area contributed by atoms with Crippen molar-refractivity contribution < 1.29 is 9.53 Å². The number of nitrogens with one attached hydrogen (secondary N) is 1. The second-order valence-corrected chi connectivity index (χ2v) is 6.88. The summed E-state index contributed by atoms with van der Waals surface area (Å²) in [6.07, 6.45) is -0.512. The first-order chi connectivity index (χ1) is 11.2. The van der Waals surface area contributed by atoms with Crippen molar-refractivity contribution in [3.63, 3.8) is 0 Å². The van der Waals surface area contributed by atoms with E-state index in [9.17, 15) is 4.79 Å². The summed E-state index contributed by atoms with van der Waals surface area (Å²) in [6.45, 7) is 5.46. The fourth-order valence-corrected chi connectivity index (χ4v) is 2.67. The highest BCUT2D eigenvalue weighted by molar-refractivity contribution is 6.08. The topological polar surface area (TPSA) is 90.4 Å². The first-order valence-electron chi connectivity index (χ1n) is 7.74. The molecular formula is C19H21N3O2. The lowest BCUT2D eigenvalue weighted by atomic mass is 10.0. The highest BCUT2D eigenvalue weighted by Gasteiger charge is 2.17. The molecule has 124 valence electrons. The standard InChI is InChI=1S/C19H21N3O2/c1-19(2,3)24-18(23)22-17-10-15(21)8-13-6-11-4-5-14(20)7-12(11)9-16(13)17/h4-10H,20-21H2,1-3H3,(H,22,23). The Bertz CT molecular complexity index is 943. The number of ether oxygens (including phenoxy) is 1. The molecule has 0 aromatic heterocycles. The number of hydrogen-bond acceptors (Lipinski definition) is 4. The molecule has 0 aliphatic rings. The molecule has 3 rings (SSSR count). The van der Waals surface area contributed by atoms with Crippen LogP contribution in [0, 0.1) is 0 Å². The molecular weight excluding hydrogens is 302 g/mol. The van der Waals surface area contributed by atoms with Gasteiger partial charge >= 0.3 is 6.09 Å². The van der Waals surface area contributed by atoms with Crippen molar-refractivity contribution >= 4 is 44.7 Å². The van der Waals surface area contributed by atoms with Crippen molar-refractivity contribution in [1.29, 1.82) is 0 Å². The Kier molecular flexibility index (Phi) is 3.72. The Hall–Kier alpha value is -2.95. The van der Waals surface area contributed by atoms with Crippen molar-refractivity contribution in [3.8, 4) is 0 Å². The lowest BCUT2D eigenvalue weighted by Crippen LogP contribution is -2.27. The lowest BCUT2D eigenvalue weighted by molar-refractivity contribution is 0.0636. The van der Waals surface area contributed by atoms with Crippen LogP contribution in [0.25, 0.3) is 21.5 Å². The molecule has 0 aliphatic carbocycles. The second-order valence-electron chi connectivity index (χ2n) is 6.88. The largest absolute Gasteiger partial charge is 0.444 e. The highest BCUT2D eigenvalue weighted by Crippen LogP contribution is 2.32. The molecule has 0 fully saturated rings. The molecule has 24 heavy (non-hydrogen) atoms. The van der Waals surface area contributed by atoms with Crippen LogP contribution in [0.4, 0.5) is 21.9 Å². The minimum Gasteiger partial charge on any atom is -0.444 e. The molecule has 0 atom stereocenters. The van der Waals surface area contributed by atoms with Crippen LogP contribution in [-0.2, 0) is 4.74 Å². The number of amides is 1. The summed E-state index contributed by atoms with van der Waals surface area (Å²) in [6, 6.07) is 13.4. The summed E-state index contributed by atoms with van der Waals surface area (Å²) >= 11 is 0. The molecule has 5 heteroatoms. The third-order valence-corrected chi connectivity index (χ3v) is 3.59.